The van der Waals surface area contributed by atoms with E-state index in [0.717, 1.165) is 11.3 Å². The fraction of sp³-hybridized carbons (Fsp3) is 0.125. The van der Waals surface area contributed by atoms with Gasteiger partial charge in [0, 0.05) is 12.1 Å². The summed E-state index contributed by atoms with van der Waals surface area (Å²) in [5, 5.41) is 19.0. The van der Waals surface area contributed by atoms with Gasteiger partial charge in [-0.15, -0.1) is 10.2 Å². The first-order valence-corrected chi connectivity index (χ1v) is 4.05. The minimum atomic E-state index is 0.159. The lowest BCUT2D eigenvalue weighted by molar-refractivity contribution is 0.317. The lowest BCUT2D eigenvalue weighted by Crippen LogP contribution is -2.16. The van der Waals surface area contributed by atoms with Gasteiger partial charge in [-0.05, 0) is 12.1 Å². The number of aromatic nitrogens is 3. The van der Waals surface area contributed by atoms with Crippen molar-refractivity contribution in [1.29, 1.82) is 0 Å². The molecular formula is C8H9N5O. The van der Waals surface area contributed by atoms with E-state index in [1.54, 1.807) is 10.7 Å². The summed E-state index contributed by atoms with van der Waals surface area (Å²) in [6.07, 6.45) is 1.96. The van der Waals surface area contributed by atoms with Crippen LogP contribution in [0.5, 0.6) is 0 Å². The molecule has 2 heterocycles. The first-order valence-electron chi connectivity index (χ1n) is 4.05. The zero-order valence-electron chi connectivity index (χ0n) is 7.33. The molecule has 0 aromatic carbocycles. The van der Waals surface area contributed by atoms with Crippen molar-refractivity contribution in [1.82, 2.24) is 14.6 Å². The van der Waals surface area contributed by atoms with Crippen LogP contribution < -0.4 is 5.73 Å². The van der Waals surface area contributed by atoms with Gasteiger partial charge in [0.05, 0.1) is 0 Å². The topological polar surface area (TPSA) is 88.8 Å². The van der Waals surface area contributed by atoms with Crippen LogP contribution in [0.25, 0.3) is 5.65 Å². The van der Waals surface area contributed by atoms with E-state index in [9.17, 15) is 0 Å². The van der Waals surface area contributed by atoms with Crippen LogP contribution in [0.2, 0.25) is 0 Å². The van der Waals surface area contributed by atoms with Crippen molar-refractivity contribution in [3.8, 4) is 0 Å². The molecule has 0 saturated carbocycles. The molecule has 0 saturated heterocycles. The van der Waals surface area contributed by atoms with Crippen LogP contribution in [0, 0.1) is 0 Å². The zero-order chi connectivity index (χ0) is 9.97. The standard InChI is InChI=1S/C8H9N5O/c9-7(12-14)4-6-2-1-3-8-11-10-5-13(6)8/h1-3,5,14H,4H2,(H2,9,12). The number of hydrogen-bond donors (Lipinski definition) is 2. The van der Waals surface area contributed by atoms with Crippen molar-refractivity contribution in [2.45, 2.75) is 6.42 Å². The molecule has 0 atom stereocenters. The van der Waals surface area contributed by atoms with Gasteiger partial charge in [0.2, 0.25) is 0 Å². The Bertz CT molecular complexity index is 475. The molecule has 0 aliphatic heterocycles. The van der Waals surface area contributed by atoms with Gasteiger partial charge in [0.1, 0.15) is 12.2 Å². The Kier molecular flexibility index (Phi) is 2.02. The fourth-order valence-electron chi connectivity index (χ4n) is 1.27. The minimum absolute atomic E-state index is 0.159. The molecule has 0 aliphatic carbocycles. The predicted molar refractivity (Wildman–Crippen MR) is 50.1 cm³/mol. The van der Waals surface area contributed by atoms with E-state index in [-0.39, 0.29) is 5.84 Å². The van der Waals surface area contributed by atoms with Gasteiger partial charge in [0.15, 0.2) is 5.65 Å². The third-order valence-corrected chi connectivity index (χ3v) is 1.91. The summed E-state index contributed by atoms with van der Waals surface area (Å²) < 4.78 is 1.79. The first-order chi connectivity index (χ1) is 6.81. The Morgan fingerprint density at radius 1 is 1.57 bits per heavy atom. The van der Waals surface area contributed by atoms with Crippen molar-refractivity contribution in [3.63, 3.8) is 0 Å². The average molecular weight is 191 g/mol. The maximum Gasteiger partial charge on any atom is 0.160 e. The number of nitrogens with two attached hydrogens (primary N) is 1. The Morgan fingerprint density at radius 2 is 2.43 bits per heavy atom. The van der Waals surface area contributed by atoms with E-state index in [0.29, 0.717) is 6.42 Å². The summed E-state index contributed by atoms with van der Waals surface area (Å²) in [6.45, 7) is 0. The number of amidine groups is 1. The smallest absolute Gasteiger partial charge is 0.160 e. The second-order valence-electron chi connectivity index (χ2n) is 2.84. The summed E-state index contributed by atoms with van der Waals surface area (Å²) in [5.74, 6) is 0.159. The molecule has 2 aromatic rings. The normalized spacial score (nSPS) is 12.1. The van der Waals surface area contributed by atoms with Crippen LogP contribution in [-0.2, 0) is 6.42 Å². The molecule has 0 bridgehead atoms. The van der Waals surface area contributed by atoms with E-state index in [1.165, 1.54) is 0 Å². The average Bonchev–Trinajstić information content (AvgIpc) is 2.66. The Hall–Kier alpha value is -2.11. The third kappa shape index (κ3) is 1.37. The van der Waals surface area contributed by atoms with Crippen molar-refractivity contribution >= 4 is 11.5 Å². The van der Waals surface area contributed by atoms with Crippen LogP contribution in [-0.4, -0.2) is 25.6 Å². The van der Waals surface area contributed by atoms with Crippen molar-refractivity contribution in [2.75, 3.05) is 0 Å². The first kappa shape index (κ1) is 8.49. The molecule has 72 valence electrons. The van der Waals surface area contributed by atoms with Crippen LogP contribution in [0.1, 0.15) is 5.69 Å². The van der Waals surface area contributed by atoms with E-state index < -0.39 is 0 Å². The minimum Gasteiger partial charge on any atom is -0.409 e. The molecule has 0 aliphatic rings. The monoisotopic (exact) mass is 191 g/mol. The molecule has 0 amide bonds. The zero-order valence-corrected chi connectivity index (χ0v) is 7.33. The lowest BCUT2D eigenvalue weighted by atomic mass is 10.2. The predicted octanol–water partition coefficient (Wildman–Crippen LogP) is 0.0182. The molecule has 2 rings (SSSR count). The second kappa shape index (κ2) is 3.33. The molecule has 3 N–H and O–H groups in total. The van der Waals surface area contributed by atoms with E-state index in [4.69, 9.17) is 10.9 Å². The molecule has 0 fully saturated rings. The highest BCUT2D eigenvalue weighted by molar-refractivity contribution is 5.81. The molecule has 0 unspecified atom stereocenters. The van der Waals surface area contributed by atoms with Gasteiger partial charge >= 0.3 is 0 Å². The lowest BCUT2D eigenvalue weighted by Gasteiger charge is -2.02. The Balaban J connectivity index is 2.46. The van der Waals surface area contributed by atoms with E-state index in [2.05, 4.69) is 15.4 Å². The van der Waals surface area contributed by atoms with Crippen LogP contribution in [0.15, 0.2) is 29.7 Å². The van der Waals surface area contributed by atoms with Gasteiger partial charge < -0.3 is 10.9 Å². The van der Waals surface area contributed by atoms with Gasteiger partial charge in [-0.2, -0.15) is 0 Å². The molecule has 6 nitrogen and oxygen atoms in total. The fourth-order valence-corrected chi connectivity index (χ4v) is 1.27. The Labute approximate surface area is 79.7 Å². The summed E-state index contributed by atoms with van der Waals surface area (Å²) in [7, 11) is 0. The molecule has 0 spiro atoms. The third-order valence-electron chi connectivity index (χ3n) is 1.91. The maximum atomic E-state index is 8.44. The number of rotatable bonds is 2. The SMILES string of the molecule is N/C(Cc1cccc2nncn12)=N\O. The molecule has 0 radical (unpaired) electrons. The highest BCUT2D eigenvalue weighted by atomic mass is 16.4. The van der Waals surface area contributed by atoms with Gasteiger partial charge in [0.25, 0.3) is 0 Å². The van der Waals surface area contributed by atoms with Gasteiger partial charge in [-0.3, -0.25) is 4.40 Å². The molecule has 2 aromatic heterocycles. The summed E-state index contributed by atoms with van der Waals surface area (Å²) in [5.41, 5.74) is 7.03. The molecule has 14 heavy (non-hydrogen) atoms. The highest BCUT2D eigenvalue weighted by Gasteiger charge is 2.03. The summed E-state index contributed by atoms with van der Waals surface area (Å²) in [4.78, 5) is 0. The van der Waals surface area contributed by atoms with Gasteiger partial charge in [-0.25, -0.2) is 0 Å². The second-order valence-corrected chi connectivity index (χ2v) is 2.84. The number of hydrogen-bond acceptors (Lipinski definition) is 4. The number of pyridine rings is 1. The number of oxime groups is 1. The van der Waals surface area contributed by atoms with Crippen molar-refractivity contribution in [2.24, 2.45) is 10.9 Å². The highest BCUT2D eigenvalue weighted by Crippen LogP contribution is 2.04. The molecule has 6 heteroatoms. The maximum absolute atomic E-state index is 8.44. The Morgan fingerprint density at radius 3 is 3.21 bits per heavy atom. The van der Waals surface area contributed by atoms with E-state index in [1.807, 2.05) is 18.2 Å². The molecular weight excluding hydrogens is 182 g/mol. The van der Waals surface area contributed by atoms with Crippen LogP contribution in [0.3, 0.4) is 0 Å². The van der Waals surface area contributed by atoms with Crippen molar-refractivity contribution < 1.29 is 5.21 Å². The largest absolute Gasteiger partial charge is 0.409 e. The van der Waals surface area contributed by atoms with Gasteiger partial charge in [-0.1, -0.05) is 11.2 Å². The quantitative estimate of drug-likeness (QED) is 0.303. The summed E-state index contributed by atoms with van der Waals surface area (Å²) >= 11 is 0. The van der Waals surface area contributed by atoms with Crippen LogP contribution >= 0.6 is 0 Å². The van der Waals surface area contributed by atoms with Crippen molar-refractivity contribution in [3.05, 3.63) is 30.2 Å². The van der Waals surface area contributed by atoms with E-state index >= 15 is 0 Å². The number of nitrogens with zero attached hydrogens (tertiary/aromatic N) is 4. The number of fused-ring (bicyclic) bond motifs is 1. The van der Waals surface area contributed by atoms with Crippen LogP contribution in [0.4, 0.5) is 0 Å². The summed E-state index contributed by atoms with van der Waals surface area (Å²) in [6, 6.07) is 5.56.